The highest BCUT2D eigenvalue weighted by Crippen LogP contribution is 2.41. The fraction of sp³-hybridized carbons (Fsp3) is 0.120. The Bertz CT molecular complexity index is 2880. The van der Waals surface area contributed by atoms with Crippen LogP contribution in [-0.2, 0) is 9.31 Å². The maximum atomic E-state index is 6.83. The molecular formula is C50H41BN4O2. The van der Waals surface area contributed by atoms with Crippen molar-refractivity contribution < 1.29 is 9.31 Å². The number of nitrogens with one attached hydrogen (secondary N) is 2. The molecule has 0 amide bonds. The minimum absolute atomic E-state index is 0.549. The van der Waals surface area contributed by atoms with E-state index in [0.717, 1.165) is 94.8 Å². The predicted octanol–water partition coefficient (Wildman–Crippen LogP) is 11.6. The molecule has 3 aromatic heterocycles. The molecule has 0 unspecified atom stereocenters. The molecule has 4 aromatic carbocycles. The number of aromatic amines is 2. The number of H-pyrrole nitrogens is 2. The Morgan fingerprint density at radius 2 is 0.772 bits per heavy atom. The highest BCUT2D eigenvalue weighted by Gasteiger charge is 2.52. The van der Waals surface area contributed by atoms with Gasteiger partial charge in [-0.05, 0) is 92.5 Å². The van der Waals surface area contributed by atoms with Gasteiger partial charge in [0.15, 0.2) is 0 Å². The summed E-state index contributed by atoms with van der Waals surface area (Å²) >= 11 is 0. The lowest BCUT2D eigenvalue weighted by molar-refractivity contribution is 0.00578. The zero-order valence-electron chi connectivity index (χ0n) is 32.4. The summed E-state index contributed by atoms with van der Waals surface area (Å²) in [4.78, 5) is 18.7. The van der Waals surface area contributed by atoms with Crippen molar-refractivity contribution in [3.8, 4) is 44.5 Å². The molecule has 0 saturated carbocycles. The highest BCUT2D eigenvalue weighted by molar-refractivity contribution is 6.65. The number of nitrogens with zero attached hydrogens (tertiary/aromatic N) is 2. The van der Waals surface area contributed by atoms with Crippen LogP contribution in [0.1, 0.15) is 50.5 Å². The molecular weight excluding hydrogens is 699 g/mol. The van der Waals surface area contributed by atoms with E-state index in [0.29, 0.717) is 0 Å². The van der Waals surface area contributed by atoms with E-state index in [1.165, 1.54) is 0 Å². The van der Waals surface area contributed by atoms with E-state index < -0.39 is 18.3 Å². The SMILES string of the molecule is CC1(C)OB(c2cc3[nH]c2c(-c2ccccc2)c2nc(c(-c4ccccc4)c4ccc([nH]4)c(-c4ccccc4)c4nc(c3-c3ccccc3)C=C4)C=C2)OC1(C)C. The molecule has 2 N–H and O–H groups in total. The van der Waals surface area contributed by atoms with Crippen LogP contribution in [0.4, 0.5) is 0 Å². The summed E-state index contributed by atoms with van der Waals surface area (Å²) in [5, 5.41) is 0. The van der Waals surface area contributed by atoms with Crippen LogP contribution in [-0.4, -0.2) is 38.3 Å². The van der Waals surface area contributed by atoms with Crippen molar-refractivity contribution in [1.82, 2.24) is 19.9 Å². The molecule has 0 aliphatic carbocycles. The van der Waals surface area contributed by atoms with Gasteiger partial charge >= 0.3 is 7.12 Å². The molecule has 276 valence electrons. The molecule has 6 nitrogen and oxygen atoms in total. The first kappa shape index (κ1) is 34.9. The van der Waals surface area contributed by atoms with E-state index in [1.54, 1.807) is 0 Å². The van der Waals surface area contributed by atoms with Gasteiger partial charge in [-0.2, -0.15) is 0 Å². The highest BCUT2D eigenvalue weighted by atomic mass is 16.7. The Morgan fingerprint density at radius 1 is 0.421 bits per heavy atom. The zero-order chi connectivity index (χ0) is 38.7. The average Bonchev–Trinajstić information content (AvgIpc) is 4.08. The van der Waals surface area contributed by atoms with E-state index in [9.17, 15) is 0 Å². The predicted molar refractivity (Wildman–Crippen MR) is 236 cm³/mol. The van der Waals surface area contributed by atoms with Gasteiger partial charge in [-0.25, -0.2) is 9.97 Å². The van der Waals surface area contributed by atoms with E-state index in [-0.39, 0.29) is 0 Å². The van der Waals surface area contributed by atoms with Crippen LogP contribution in [0.25, 0.3) is 90.9 Å². The van der Waals surface area contributed by atoms with E-state index in [1.807, 2.05) is 24.3 Å². The Balaban J connectivity index is 1.42. The van der Waals surface area contributed by atoms with Gasteiger partial charge in [-0.1, -0.05) is 121 Å². The first-order valence-corrected chi connectivity index (χ1v) is 19.5. The maximum Gasteiger partial charge on any atom is 0.497 e. The lowest BCUT2D eigenvalue weighted by Crippen LogP contribution is -2.41. The molecule has 3 aliphatic heterocycles. The normalized spacial score (nSPS) is 15.3. The molecule has 1 fully saturated rings. The van der Waals surface area contributed by atoms with Crippen molar-refractivity contribution in [2.75, 3.05) is 0 Å². The number of hydrogen-bond donors (Lipinski definition) is 2. The first-order valence-electron chi connectivity index (χ1n) is 19.5. The summed E-state index contributed by atoms with van der Waals surface area (Å²) in [5.74, 6) is 0. The fourth-order valence-corrected chi connectivity index (χ4v) is 8.10. The van der Waals surface area contributed by atoms with Crippen molar-refractivity contribution in [2.24, 2.45) is 0 Å². The summed E-state index contributed by atoms with van der Waals surface area (Å²) in [6.07, 6.45) is 8.52. The minimum atomic E-state index is -0.646. The summed E-state index contributed by atoms with van der Waals surface area (Å²) in [6, 6.07) is 48.4. The van der Waals surface area contributed by atoms with E-state index >= 15 is 0 Å². The van der Waals surface area contributed by atoms with Gasteiger partial charge in [-0.3, -0.25) is 0 Å². The zero-order valence-corrected chi connectivity index (χ0v) is 32.4. The lowest BCUT2D eigenvalue weighted by atomic mass is 9.78. The third kappa shape index (κ3) is 6.07. The third-order valence-corrected chi connectivity index (χ3v) is 11.7. The number of fused-ring (bicyclic) bond motifs is 8. The molecule has 7 aromatic rings. The molecule has 0 radical (unpaired) electrons. The number of rotatable bonds is 5. The largest absolute Gasteiger partial charge is 0.497 e. The third-order valence-electron chi connectivity index (χ3n) is 11.7. The Kier molecular flexibility index (Phi) is 8.33. The van der Waals surface area contributed by atoms with Crippen LogP contribution < -0.4 is 5.46 Å². The van der Waals surface area contributed by atoms with Crippen LogP contribution in [0.15, 0.2) is 140 Å². The van der Waals surface area contributed by atoms with Crippen LogP contribution in [0, 0.1) is 0 Å². The summed E-state index contributed by atoms with van der Waals surface area (Å²) in [5.41, 5.74) is 15.1. The van der Waals surface area contributed by atoms with Gasteiger partial charge in [0.2, 0.25) is 0 Å². The molecule has 1 saturated heterocycles. The smallest absolute Gasteiger partial charge is 0.399 e. The molecule has 0 atom stereocenters. The van der Waals surface area contributed by atoms with Crippen LogP contribution in [0.5, 0.6) is 0 Å². The fourth-order valence-electron chi connectivity index (χ4n) is 8.10. The van der Waals surface area contributed by atoms with Gasteiger partial charge in [0.25, 0.3) is 0 Å². The van der Waals surface area contributed by atoms with Crippen LogP contribution >= 0.6 is 0 Å². The van der Waals surface area contributed by atoms with Gasteiger partial charge in [0, 0.05) is 49.8 Å². The van der Waals surface area contributed by atoms with Crippen molar-refractivity contribution in [3.63, 3.8) is 0 Å². The molecule has 3 aliphatic rings. The van der Waals surface area contributed by atoms with Crippen molar-refractivity contribution in [2.45, 2.75) is 38.9 Å². The topological polar surface area (TPSA) is 75.8 Å². The van der Waals surface area contributed by atoms with Gasteiger partial charge in [0.1, 0.15) is 0 Å². The van der Waals surface area contributed by atoms with Crippen molar-refractivity contribution in [1.29, 1.82) is 0 Å². The minimum Gasteiger partial charge on any atom is -0.399 e. The summed E-state index contributed by atoms with van der Waals surface area (Å²) in [6.45, 7) is 8.39. The molecule has 6 heterocycles. The Hall–Kier alpha value is -6.54. The molecule has 7 heteroatoms. The number of hydrogen-bond acceptors (Lipinski definition) is 4. The summed E-state index contributed by atoms with van der Waals surface area (Å²) in [7, 11) is -0.646. The molecule has 8 bridgehead atoms. The summed E-state index contributed by atoms with van der Waals surface area (Å²) < 4.78 is 13.7. The molecule has 0 spiro atoms. The monoisotopic (exact) mass is 740 g/mol. The van der Waals surface area contributed by atoms with Gasteiger partial charge < -0.3 is 19.3 Å². The van der Waals surface area contributed by atoms with Gasteiger partial charge in [0.05, 0.1) is 34.0 Å². The number of aromatic nitrogens is 4. The van der Waals surface area contributed by atoms with Crippen molar-refractivity contribution >= 4 is 59.0 Å². The second-order valence-electron chi connectivity index (χ2n) is 15.8. The Labute approximate surface area is 332 Å². The standard InChI is InChI=1S/C50H41BN4O2/c1-49(2)50(3,4)57-51(56-49)36-31-43-46(34-21-13-7-14-22-34)41-28-27-39(53-41)44(32-17-9-5-10-18-32)37-25-26-38(52-37)45(33-19-11-6-12-20-33)40-29-30-42(54-40)47(48(36)55-43)35-23-15-8-16-24-35/h5-31,52,55H,1-4H3. The maximum absolute atomic E-state index is 6.83. The first-order chi connectivity index (χ1) is 27.7. The quantitative estimate of drug-likeness (QED) is 0.172. The molecule has 57 heavy (non-hydrogen) atoms. The van der Waals surface area contributed by atoms with Gasteiger partial charge in [-0.15, -0.1) is 0 Å². The van der Waals surface area contributed by atoms with Crippen LogP contribution in [0.3, 0.4) is 0 Å². The van der Waals surface area contributed by atoms with E-state index in [2.05, 4.69) is 177 Å². The second kappa shape index (κ2) is 13.6. The second-order valence-corrected chi connectivity index (χ2v) is 15.8. The average molecular weight is 741 g/mol. The van der Waals surface area contributed by atoms with Crippen LogP contribution in [0.2, 0.25) is 0 Å². The molecule has 10 rings (SSSR count). The van der Waals surface area contributed by atoms with Crippen molar-refractivity contribution in [3.05, 3.63) is 162 Å². The van der Waals surface area contributed by atoms with E-state index in [4.69, 9.17) is 19.3 Å². The number of benzene rings is 4. The Morgan fingerprint density at radius 3 is 1.18 bits per heavy atom. The lowest BCUT2D eigenvalue weighted by Gasteiger charge is -2.32.